The zero-order valence-electron chi connectivity index (χ0n) is 11.8. The highest BCUT2D eigenvalue weighted by Crippen LogP contribution is 2.23. The fraction of sp³-hybridized carbons (Fsp3) is 0.235. The maximum Gasteiger partial charge on any atom is 0.0678 e. The normalized spacial score (nSPS) is 10.5. The van der Waals surface area contributed by atoms with Gasteiger partial charge in [-0.05, 0) is 43.9 Å². The molecule has 2 aromatic heterocycles. The van der Waals surface area contributed by atoms with E-state index in [9.17, 15) is 0 Å². The van der Waals surface area contributed by atoms with Crippen LogP contribution in [0.3, 0.4) is 0 Å². The van der Waals surface area contributed by atoms with E-state index >= 15 is 0 Å². The third-order valence-corrected chi connectivity index (χ3v) is 3.80. The van der Waals surface area contributed by atoms with Crippen LogP contribution in [0.15, 0.2) is 42.6 Å². The molecule has 1 N–H and O–H groups in total. The van der Waals surface area contributed by atoms with E-state index in [0.29, 0.717) is 0 Å². The Morgan fingerprint density at radius 1 is 1.00 bits per heavy atom. The molecule has 0 radical (unpaired) electrons. The molecule has 0 aliphatic rings. The van der Waals surface area contributed by atoms with Crippen LogP contribution >= 0.6 is 12.4 Å². The Morgan fingerprint density at radius 2 is 1.75 bits per heavy atom. The Labute approximate surface area is 125 Å². The van der Waals surface area contributed by atoms with Gasteiger partial charge in [-0.25, -0.2) is 0 Å². The zero-order chi connectivity index (χ0) is 13.2. The number of nitrogens with zero attached hydrogens (tertiary/aromatic N) is 1. The summed E-state index contributed by atoms with van der Waals surface area (Å²) in [4.78, 5) is 8.01. The van der Waals surface area contributed by atoms with E-state index in [4.69, 9.17) is 0 Å². The molecule has 20 heavy (non-hydrogen) atoms. The molecule has 3 heteroatoms. The Balaban J connectivity index is 0.00000147. The lowest BCUT2D eigenvalue weighted by Crippen LogP contribution is -1.95. The number of fused-ring (bicyclic) bond motifs is 1. The van der Waals surface area contributed by atoms with Crippen molar-refractivity contribution in [3.8, 4) is 0 Å². The zero-order valence-corrected chi connectivity index (χ0v) is 12.6. The van der Waals surface area contributed by atoms with Crippen molar-refractivity contribution in [1.82, 2.24) is 9.97 Å². The predicted molar refractivity (Wildman–Crippen MR) is 86.7 cm³/mol. The molecule has 0 unspecified atom stereocenters. The molecule has 0 bridgehead atoms. The molecule has 3 rings (SSSR count). The second kappa shape index (κ2) is 6.10. The van der Waals surface area contributed by atoms with Crippen LogP contribution in [-0.2, 0) is 12.8 Å². The largest absolute Gasteiger partial charge is 0.357 e. The van der Waals surface area contributed by atoms with Crippen LogP contribution in [0.1, 0.15) is 22.5 Å². The van der Waals surface area contributed by atoms with E-state index in [-0.39, 0.29) is 12.4 Å². The predicted octanol–water partition coefficient (Wildman–Crippen LogP) is 4.39. The standard InChI is InChI=1S/C17H18N2.ClH/c1-12-13(2)19-17-15(12)10-11-18-16(17)9-8-14-6-4-3-5-7-14;/h3-7,10-11,19H,8-9H2,1-2H3;1H. The van der Waals surface area contributed by atoms with Crippen LogP contribution < -0.4 is 0 Å². The summed E-state index contributed by atoms with van der Waals surface area (Å²) in [6, 6.07) is 12.7. The fourth-order valence-corrected chi connectivity index (χ4v) is 2.54. The molecule has 3 aromatic rings. The van der Waals surface area contributed by atoms with Gasteiger partial charge in [0.2, 0.25) is 0 Å². The van der Waals surface area contributed by atoms with E-state index in [1.54, 1.807) is 0 Å². The van der Waals surface area contributed by atoms with E-state index in [2.05, 4.69) is 60.2 Å². The molecular weight excluding hydrogens is 268 g/mol. The third kappa shape index (κ3) is 2.70. The average Bonchev–Trinajstić information content (AvgIpc) is 2.74. The number of nitrogens with one attached hydrogen (secondary N) is 1. The van der Waals surface area contributed by atoms with Crippen molar-refractivity contribution in [2.75, 3.05) is 0 Å². The van der Waals surface area contributed by atoms with E-state index in [0.717, 1.165) is 18.5 Å². The first-order valence-electron chi connectivity index (χ1n) is 6.72. The molecule has 0 aliphatic heterocycles. The van der Waals surface area contributed by atoms with Crippen molar-refractivity contribution in [3.63, 3.8) is 0 Å². The minimum Gasteiger partial charge on any atom is -0.357 e. The van der Waals surface area contributed by atoms with Crippen LogP contribution in [0.5, 0.6) is 0 Å². The van der Waals surface area contributed by atoms with Gasteiger partial charge in [-0.15, -0.1) is 12.4 Å². The molecule has 1 aromatic carbocycles. The summed E-state index contributed by atoms with van der Waals surface area (Å²) >= 11 is 0. The number of hydrogen-bond acceptors (Lipinski definition) is 1. The van der Waals surface area contributed by atoms with Gasteiger partial charge in [0.25, 0.3) is 0 Å². The third-order valence-electron chi connectivity index (χ3n) is 3.80. The summed E-state index contributed by atoms with van der Waals surface area (Å²) in [5, 5.41) is 1.30. The lowest BCUT2D eigenvalue weighted by atomic mass is 10.1. The van der Waals surface area contributed by atoms with Crippen LogP contribution in [0.2, 0.25) is 0 Å². The highest BCUT2D eigenvalue weighted by Gasteiger charge is 2.08. The maximum absolute atomic E-state index is 4.55. The van der Waals surface area contributed by atoms with Crippen LogP contribution in [0, 0.1) is 13.8 Å². The second-order valence-electron chi connectivity index (χ2n) is 5.04. The van der Waals surface area contributed by atoms with Crippen LogP contribution in [0.4, 0.5) is 0 Å². The van der Waals surface area contributed by atoms with Gasteiger partial charge < -0.3 is 4.98 Å². The van der Waals surface area contributed by atoms with Gasteiger partial charge >= 0.3 is 0 Å². The molecule has 0 spiro atoms. The monoisotopic (exact) mass is 286 g/mol. The van der Waals surface area contributed by atoms with Crippen LogP contribution in [0.25, 0.3) is 10.9 Å². The minimum atomic E-state index is 0. The van der Waals surface area contributed by atoms with E-state index in [1.807, 2.05) is 6.20 Å². The van der Waals surface area contributed by atoms with Gasteiger partial charge in [0.1, 0.15) is 0 Å². The summed E-state index contributed by atoms with van der Waals surface area (Å²) in [5.41, 5.74) is 6.30. The number of hydrogen-bond donors (Lipinski definition) is 1. The van der Waals surface area contributed by atoms with Crippen molar-refractivity contribution < 1.29 is 0 Å². The number of pyridine rings is 1. The number of H-pyrrole nitrogens is 1. The SMILES string of the molecule is Cc1[nH]c2c(CCc3ccccc3)nccc2c1C.Cl. The lowest BCUT2D eigenvalue weighted by molar-refractivity contribution is 0.922. The first-order chi connectivity index (χ1) is 9.25. The number of aromatic nitrogens is 2. The Hall–Kier alpha value is -1.80. The topological polar surface area (TPSA) is 28.7 Å². The molecule has 2 heterocycles. The maximum atomic E-state index is 4.55. The number of aryl methyl sites for hydroxylation is 4. The summed E-state index contributed by atoms with van der Waals surface area (Å²) in [5.74, 6) is 0. The lowest BCUT2D eigenvalue weighted by Gasteiger charge is -2.03. The van der Waals surface area contributed by atoms with E-state index < -0.39 is 0 Å². The molecule has 0 aliphatic carbocycles. The van der Waals surface area contributed by atoms with Crippen LogP contribution in [-0.4, -0.2) is 9.97 Å². The van der Waals surface area contributed by atoms with Gasteiger partial charge in [-0.2, -0.15) is 0 Å². The summed E-state index contributed by atoms with van der Waals surface area (Å²) < 4.78 is 0. The number of aromatic amines is 1. The van der Waals surface area contributed by atoms with Crippen molar-refractivity contribution >= 4 is 23.3 Å². The van der Waals surface area contributed by atoms with Crippen molar-refractivity contribution in [2.24, 2.45) is 0 Å². The molecule has 2 nitrogen and oxygen atoms in total. The summed E-state index contributed by atoms with van der Waals surface area (Å²) in [6.07, 6.45) is 3.92. The second-order valence-corrected chi connectivity index (χ2v) is 5.04. The Morgan fingerprint density at radius 3 is 2.50 bits per heavy atom. The summed E-state index contributed by atoms with van der Waals surface area (Å²) in [6.45, 7) is 4.28. The highest BCUT2D eigenvalue weighted by atomic mass is 35.5. The highest BCUT2D eigenvalue weighted by molar-refractivity contribution is 5.86. The molecule has 0 saturated carbocycles. The van der Waals surface area contributed by atoms with Gasteiger partial charge in [-0.3, -0.25) is 4.98 Å². The molecule has 0 amide bonds. The molecule has 0 saturated heterocycles. The van der Waals surface area contributed by atoms with Gasteiger partial charge in [0.05, 0.1) is 11.2 Å². The first-order valence-corrected chi connectivity index (χ1v) is 6.72. The number of halogens is 1. The average molecular weight is 287 g/mol. The van der Waals surface area contributed by atoms with Crippen molar-refractivity contribution in [1.29, 1.82) is 0 Å². The quantitative estimate of drug-likeness (QED) is 0.760. The fourth-order valence-electron chi connectivity index (χ4n) is 2.54. The summed E-state index contributed by atoms with van der Waals surface area (Å²) in [7, 11) is 0. The molecule has 104 valence electrons. The molecule has 0 fully saturated rings. The van der Waals surface area contributed by atoms with E-state index in [1.165, 1.54) is 27.7 Å². The smallest absolute Gasteiger partial charge is 0.0678 e. The van der Waals surface area contributed by atoms with Crippen molar-refractivity contribution in [3.05, 3.63) is 65.1 Å². The van der Waals surface area contributed by atoms with Gasteiger partial charge in [0, 0.05) is 17.3 Å². The van der Waals surface area contributed by atoms with Gasteiger partial charge in [-0.1, -0.05) is 30.3 Å². The first kappa shape index (κ1) is 14.6. The van der Waals surface area contributed by atoms with Crippen molar-refractivity contribution in [2.45, 2.75) is 26.7 Å². The molecule has 0 atom stereocenters. The Kier molecular flexibility index (Phi) is 4.46. The van der Waals surface area contributed by atoms with Gasteiger partial charge in [0.15, 0.2) is 0 Å². The Bertz CT molecular complexity index is 702. The minimum absolute atomic E-state index is 0. The number of rotatable bonds is 3. The number of benzene rings is 1. The molecular formula is C17H19ClN2.